The van der Waals surface area contributed by atoms with Gasteiger partial charge in [-0.15, -0.1) is 0 Å². The number of aromatic nitrogens is 2. The van der Waals surface area contributed by atoms with Crippen molar-refractivity contribution in [2.24, 2.45) is 0 Å². The largest absolute Gasteiger partial charge is 0.465 e. The Balaban J connectivity index is 2.32. The van der Waals surface area contributed by atoms with Crippen LogP contribution in [0, 0.1) is 0 Å². The van der Waals surface area contributed by atoms with Gasteiger partial charge in [0.25, 0.3) is 0 Å². The van der Waals surface area contributed by atoms with Crippen LogP contribution in [0.2, 0.25) is 0 Å². The molecule has 1 aliphatic rings. The molecule has 17 heavy (non-hydrogen) atoms. The number of ether oxygens (including phenoxy) is 2. The van der Waals surface area contributed by atoms with Crippen molar-refractivity contribution in [2.45, 2.75) is 32.1 Å². The van der Waals surface area contributed by atoms with Crippen LogP contribution in [-0.2, 0) is 15.9 Å². The van der Waals surface area contributed by atoms with E-state index in [4.69, 9.17) is 9.47 Å². The number of esters is 1. The normalized spacial score (nSPS) is 17.1. The Kier molecular flexibility index (Phi) is 3.78. The number of H-pyrrole nitrogens is 1. The first-order valence-electron chi connectivity index (χ1n) is 6.01. The first-order valence-corrected chi connectivity index (χ1v) is 6.01. The topological polar surface area (TPSA) is 64.2 Å². The maximum absolute atomic E-state index is 11.8. The lowest BCUT2D eigenvalue weighted by atomic mass is 9.93. The first-order chi connectivity index (χ1) is 8.27. The number of hydrogen-bond donors (Lipinski definition) is 1. The quantitative estimate of drug-likeness (QED) is 0.813. The van der Waals surface area contributed by atoms with Crippen LogP contribution in [0.4, 0.5) is 0 Å². The van der Waals surface area contributed by atoms with Gasteiger partial charge in [0.2, 0.25) is 0 Å². The molecule has 1 aromatic heterocycles. The molecule has 0 atom stereocenters. The third kappa shape index (κ3) is 2.34. The van der Waals surface area contributed by atoms with Crippen LogP contribution in [0.15, 0.2) is 0 Å². The van der Waals surface area contributed by atoms with E-state index in [9.17, 15) is 4.79 Å². The molecule has 5 nitrogen and oxygen atoms in total. The minimum Gasteiger partial charge on any atom is -0.465 e. The van der Waals surface area contributed by atoms with Crippen LogP contribution < -0.4 is 0 Å². The van der Waals surface area contributed by atoms with E-state index in [0.717, 1.165) is 43.9 Å². The number of rotatable bonds is 3. The van der Waals surface area contributed by atoms with Gasteiger partial charge in [0.1, 0.15) is 5.56 Å². The molecular formula is C12H18N2O3. The van der Waals surface area contributed by atoms with Gasteiger partial charge in [-0.05, 0) is 19.3 Å². The molecule has 0 amide bonds. The van der Waals surface area contributed by atoms with Gasteiger partial charge in [-0.2, -0.15) is 5.10 Å². The maximum Gasteiger partial charge on any atom is 0.341 e. The highest BCUT2D eigenvalue weighted by molar-refractivity contribution is 5.92. The molecule has 94 valence electrons. The van der Waals surface area contributed by atoms with E-state index in [1.807, 2.05) is 6.92 Å². The van der Waals surface area contributed by atoms with Gasteiger partial charge in [-0.3, -0.25) is 5.10 Å². The standard InChI is InChI=1S/C12H18N2O3/c1-3-9-10(12(15)16-2)11(14-13-9)8-4-6-17-7-5-8/h8H,3-7H2,1-2H3,(H,13,14). The Labute approximate surface area is 100 Å². The molecule has 1 aromatic rings. The van der Waals surface area contributed by atoms with Crippen molar-refractivity contribution in [1.82, 2.24) is 10.2 Å². The van der Waals surface area contributed by atoms with Gasteiger partial charge in [0, 0.05) is 24.8 Å². The predicted molar refractivity (Wildman–Crippen MR) is 62.1 cm³/mol. The molecule has 0 aromatic carbocycles. The number of aromatic amines is 1. The minimum atomic E-state index is -0.294. The molecule has 2 heterocycles. The summed E-state index contributed by atoms with van der Waals surface area (Å²) in [6.07, 6.45) is 2.58. The maximum atomic E-state index is 11.8. The lowest BCUT2D eigenvalue weighted by molar-refractivity contribution is 0.0591. The van der Waals surface area contributed by atoms with Crippen molar-refractivity contribution in [3.63, 3.8) is 0 Å². The molecule has 0 saturated carbocycles. The number of nitrogens with one attached hydrogen (secondary N) is 1. The summed E-state index contributed by atoms with van der Waals surface area (Å²) in [4.78, 5) is 11.8. The Morgan fingerprint density at radius 2 is 2.24 bits per heavy atom. The van der Waals surface area contributed by atoms with Crippen LogP contribution in [0.25, 0.3) is 0 Å². The number of carbonyl (C=O) groups is 1. The highest BCUT2D eigenvalue weighted by Gasteiger charge is 2.27. The first kappa shape index (κ1) is 12.1. The summed E-state index contributed by atoms with van der Waals surface area (Å²) in [5.41, 5.74) is 2.33. The van der Waals surface area contributed by atoms with Crippen molar-refractivity contribution in [3.05, 3.63) is 17.0 Å². The molecule has 1 saturated heterocycles. The molecular weight excluding hydrogens is 220 g/mol. The van der Waals surface area contributed by atoms with E-state index >= 15 is 0 Å². The van der Waals surface area contributed by atoms with Crippen molar-refractivity contribution < 1.29 is 14.3 Å². The van der Waals surface area contributed by atoms with Gasteiger partial charge >= 0.3 is 5.97 Å². The predicted octanol–water partition coefficient (Wildman–Crippen LogP) is 1.65. The monoisotopic (exact) mass is 238 g/mol. The molecule has 2 rings (SSSR count). The van der Waals surface area contributed by atoms with Crippen LogP contribution >= 0.6 is 0 Å². The Morgan fingerprint density at radius 1 is 1.53 bits per heavy atom. The van der Waals surface area contributed by atoms with Crippen molar-refractivity contribution in [2.75, 3.05) is 20.3 Å². The highest BCUT2D eigenvalue weighted by Crippen LogP contribution is 2.29. The number of methoxy groups -OCH3 is 1. The highest BCUT2D eigenvalue weighted by atomic mass is 16.5. The molecule has 0 unspecified atom stereocenters. The van der Waals surface area contributed by atoms with Crippen LogP contribution in [0.1, 0.15) is 47.4 Å². The summed E-state index contributed by atoms with van der Waals surface area (Å²) in [7, 11) is 1.41. The lowest BCUT2D eigenvalue weighted by Crippen LogP contribution is -2.17. The van der Waals surface area contributed by atoms with E-state index in [-0.39, 0.29) is 5.97 Å². The third-order valence-electron chi connectivity index (χ3n) is 3.22. The molecule has 5 heteroatoms. The number of hydrogen-bond acceptors (Lipinski definition) is 4. The smallest absolute Gasteiger partial charge is 0.341 e. The molecule has 1 aliphatic heterocycles. The summed E-state index contributed by atoms with van der Waals surface area (Å²) in [6.45, 7) is 3.47. The zero-order chi connectivity index (χ0) is 12.3. The molecule has 1 N–H and O–H groups in total. The number of nitrogens with zero attached hydrogens (tertiary/aromatic N) is 1. The molecule has 0 radical (unpaired) electrons. The Bertz CT molecular complexity index is 394. The van der Waals surface area contributed by atoms with Gasteiger partial charge in [0.05, 0.1) is 12.8 Å². The zero-order valence-electron chi connectivity index (χ0n) is 10.3. The van der Waals surface area contributed by atoms with E-state index in [2.05, 4.69) is 10.2 Å². The second kappa shape index (κ2) is 5.31. The summed E-state index contributed by atoms with van der Waals surface area (Å²) < 4.78 is 10.2. The van der Waals surface area contributed by atoms with Gasteiger partial charge in [0.15, 0.2) is 0 Å². The summed E-state index contributed by atoms with van der Waals surface area (Å²) in [5, 5.41) is 7.24. The number of aryl methyl sites for hydroxylation is 1. The van der Waals surface area contributed by atoms with Gasteiger partial charge < -0.3 is 9.47 Å². The summed E-state index contributed by atoms with van der Waals surface area (Å²) in [5.74, 6) is 0.00601. The van der Waals surface area contributed by atoms with Gasteiger partial charge in [-0.1, -0.05) is 6.92 Å². The van der Waals surface area contributed by atoms with Crippen molar-refractivity contribution in [3.8, 4) is 0 Å². The van der Waals surface area contributed by atoms with E-state index in [1.165, 1.54) is 7.11 Å². The second-order valence-corrected chi connectivity index (χ2v) is 4.19. The van der Waals surface area contributed by atoms with Crippen LogP contribution in [0.5, 0.6) is 0 Å². The van der Waals surface area contributed by atoms with E-state index in [1.54, 1.807) is 0 Å². The Hall–Kier alpha value is -1.36. The Morgan fingerprint density at radius 3 is 2.82 bits per heavy atom. The van der Waals surface area contributed by atoms with Crippen molar-refractivity contribution >= 4 is 5.97 Å². The number of carbonyl (C=O) groups excluding carboxylic acids is 1. The average Bonchev–Trinajstić information content (AvgIpc) is 2.82. The summed E-state index contributed by atoms with van der Waals surface area (Å²) >= 11 is 0. The SMILES string of the molecule is CCc1[nH]nc(C2CCOCC2)c1C(=O)OC. The van der Waals surface area contributed by atoms with Gasteiger partial charge in [-0.25, -0.2) is 4.79 Å². The molecule has 0 bridgehead atoms. The molecule has 1 fully saturated rings. The van der Waals surface area contributed by atoms with Crippen LogP contribution in [-0.4, -0.2) is 36.5 Å². The fourth-order valence-corrected chi connectivity index (χ4v) is 2.25. The third-order valence-corrected chi connectivity index (χ3v) is 3.22. The lowest BCUT2D eigenvalue weighted by Gasteiger charge is -2.21. The second-order valence-electron chi connectivity index (χ2n) is 4.19. The zero-order valence-corrected chi connectivity index (χ0v) is 10.3. The molecule has 0 aliphatic carbocycles. The summed E-state index contributed by atoms with van der Waals surface area (Å²) in [6, 6.07) is 0. The van der Waals surface area contributed by atoms with E-state index in [0.29, 0.717) is 11.5 Å². The van der Waals surface area contributed by atoms with Crippen LogP contribution in [0.3, 0.4) is 0 Å². The fourth-order valence-electron chi connectivity index (χ4n) is 2.25. The van der Waals surface area contributed by atoms with E-state index < -0.39 is 0 Å². The van der Waals surface area contributed by atoms with Crippen molar-refractivity contribution in [1.29, 1.82) is 0 Å². The average molecular weight is 238 g/mol. The fraction of sp³-hybridized carbons (Fsp3) is 0.667. The minimum absolute atomic E-state index is 0.294. The molecule has 0 spiro atoms.